The number of fused-ring (bicyclic) bond motifs is 1. The Balaban J connectivity index is 2.49. The molecule has 0 atom stereocenters. The van der Waals surface area contributed by atoms with Crippen LogP contribution in [-0.4, -0.2) is 34.5 Å². The number of halogens is 1. The van der Waals surface area contributed by atoms with Gasteiger partial charge >= 0.3 is 0 Å². The normalized spacial score (nSPS) is 10.6. The van der Waals surface area contributed by atoms with E-state index in [-0.39, 0.29) is 18.0 Å². The quantitative estimate of drug-likeness (QED) is 0.839. The molecule has 0 saturated carbocycles. The summed E-state index contributed by atoms with van der Waals surface area (Å²) >= 11 is 3.33. The number of benzene rings is 1. The lowest BCUT2D eigenvalue weighted by atomic mass is 10.2. The van der Waals surface area contributed by atoms with Crippen LogP contribution in [-0.2, 0) is 11.3 Å². The molecule has 1 amide bonds. The molecule has 1 aromatic heterocycles. The molecule has 1 aromatic carbocycles. The molecule has 0 unspecified atom stereocenters. The van der Waals surface area contributed by atoms with Gasteiger partial charge in [0.05, 0.1) is 17.2 Å². The van der Waals surface area contributed by atoms with E-state index < -0.39 is 0 Å². The van der Waals surface area contributed by atoms with E-state index in [0.717, 1.165) is 4.47 Å². The van der Waals surface area contributed by atoms with Crippen LogP contribution < -0.4 is 5.56 Å². The molecule has 18 heavy (non-hydrogen) atoms. The van der Waals surface area contributed by atoms with Gasteiger partial charge in [0.1, 0.15) is 6.54 Å². The second-order valence-electron chi connectivity index (χ2n) is 4.13. The average Bonchev–Trinajstić information content (AvgIpc) is 2.32. The number of rotatable bonds is 2. The number of carbonyl (C=O) groups is 1. The number of hydrogen-bond donors (Lipinski definition) is 0. The highest BCUT2D eigenvalue weighted by atomic mass is 79.9. The van der Waals surface area contributed by atoms with Gasteiger partial charge in [-0.05, 0) is 18.2 Å². The van der Waals surface area contributed by atoms with Crippen LogP contribution in [0.5, 0.6) is 0 Å². The molecule has 0 radical (unpaired) electrons. The second-order valence-corrected chi connectivity index (χ2v) is 5.04. The molecule has 94 valence electrons. The highest BCUT2D eigenvalue weighted by Gasteiger charge is 2.09. The molecule has 0 N–H and O–H groups in total. The molecule has 0 aliphatic carbocycles. The number of likely N-dealkylation sites (N-methyl/N-ethyl adjacent to an activating group) is 1. The number of carbonyl (C=O) groups excluding carboxylic acids is 1. The summed E-state index contributed by atoms with van der Waals surface area (Å²) < 4.78 is 2.18. The fraction of sp³-hybridized carbons (Fsp3) is 0.250. The second kappa shape index (κ2) is 4.89. The third-order valence-electron chi connectivity index (χ3n) is 2.59. The highest BCUT2D eigenvalue weighted by Crippen LogP contribution is 2.14. The van der Waals surface area contributed by atoms with E-state index in [2.05, 4.69) is 20.9 Å². The topological polar surface area (TPSA) is 55.2 Å². The van der Waals surface area contributed by atoms with Gasteiger partial charge in [0.25, 0.3) is 5.56 Å². The predicted octanol–water partition coefficient (Wildman–Crippen LogP) is 1.25. The van der Waals surface area contributed by atoms with Crippen molar-refractivity contribution in [2.45, 2.75) is 6.54 Å². The summed E-state index contributed by atoms with van der Waals surface area (Å²) in [6, 6.07) is 5.25. The number of aromatic nitrogens is 2. The summed E-state index contributed by atoms with van der Waals surface area (Å²) in [6.45, 7) is 0.00480. The lowest BCUT2D eigenvalue weighted by molar-refractivity contribution is -0.129. The van der Waals surface area contributed by atoms with Crippen molar-refractivity contribution in [3.63, 3.8) is 0 Å². The van der Waals surface area contributed by atoms with E-state index in [1.54, 1.807) is 32.3 Å². The van der Waals surface area contributed by atoms with Crippen molar-refractivity contribution in [2.24, 2.45) is 0 Å². The van der Waals surface area contributed by atoms with Gasteiger partial charge < -0.3 is 4.90 Å². The van der Waals surface area contributed by atoms with Crippen LogP contribution in [0.25, 0.3) is 10.9 Å². The first-order valence-electron chi connectivity index (χ1n) is 5.34. The van der Waals surface area contributed by atoms with Crippen molar-refractivity contribution >= 4 is 32.7 Å². The fourth-order valence-electron chi connectivity index (χ4n) is 1.53. The maximum absolute atomic E-state index is 12.1. The van der Waals surface area contributed by atoms with Gasteiger partial charge in [-0.1, -0.05) is 15.9 Å². The van der Waals surface area contributed by atoms with Crippen molar-refractivity contribution in [3.05, 3.63) is 39.4 Å². The smallest absolute Gasteiger partial charge is 0.261 e. The minimum atomic E-state index is -0.206. The van der Waals surface area contributed by atoms with Crippen LogP contribution in [0.1, 0.15) is 0 Å². The molecule has 0 fully saturated rings. The first-order valence-corrected chi connectivity index (χ1v) is 6.13. The van der Waals surface area contributed by atoms with Gasteiger partial charge in [0.15, 0.2) is 0 Å². The molecule has 6 heteroatoms. The molecule has 0 aliphatic rings. The van der Waals surface area contributed by atoms with Crippen molar-refractivity contribution < 1.29 is 4.79 Å². The molecule has 2 aromatic rings. The van der Waals surface area contributed by atoms with E-state index in [1.807, 2.05) is 0 Å². The molecule has 0 spiro atoms. The lowest BCUT2D eigenvalue weighted by Gasteiger charge is -2.11. The van der Waals surface area contributed by atoms with Crippen molar-refractivity contribution in [2.75, 3.05) is 14.1 Å². The van der Waals surface area contributed by atoms with E-state index in [4.69, 9.17) is 0 Å². The van der Waals surface area contributed by atoms with Crippen LogP contribution >= 0.6 is 15.9 Å². The molecule has 1 heterocycles. The Bertz CT molecular complexity index is 664. The zero-order valence-corrected chi connectivity index (χ0v) is 11.6. The minimum absolute atomic E-state index is 0.00480. The molecule has 0 bridgehead atoms. The van der Waals surface area contributed by atoms with Crippen LogP contribution in [0.2, 0.25) is 0 Å². The summed E-state index contributed by atoms with van der Waals surface area (Å²) in [7, 11) is 3.30. The number of hydrogen-bond acceptors (Lipinski definition) is 3. The number of nitrogens with zero attached hydrogens (tertiary/aromatic N) is 3. The first kappa shape index (κ1) is 12.8. The molecular weight excluding hydrogens is 298 g/mol. The third-order valence-corrected chi connectivity index (χ3v) is 3.08. The molecular formula is C12H12BrN3O2. The van der Waals surface area contributed by atoms with Crippen molar-refractivity contribution in [1.82, 2.24) is 14.5 Å². The van der Waals surface area contributed by atoms with E-state index >= 15 is 0 Å². The predicted molar refractivity (Wildman–Crippen MR) is 72.4 cm³/mol. The van der Waals surface area contributed by atoms with Gasteiger partial charge in [0.2, 0.25) is 5.91 Å². The summed E-state index contributed by atoms with van der Waals surface area (Å²) in [4.78, 5) is 29.3. The highest BCUT2D eigenvalue weighted by molar-refractivity contribution is 9.10. The summed E-state index contributed by atoms with van der Waals surface area (Å²) in [5.41, 5.74) is 0.408. The van der Waals surface area contributed by atoms with Crippen molar-refractivity contribution in [3.8, 4) is 0 Å². The first-order chi connectivity index (χ1) is 8.49. The van der Waals surface area contributed by atoms with Crippen LogP contribution in [0.4, 0.5) is 0 Å². The van der Waals surface area contributed by atoms with Gasteiger partial charge in [0, 0.05) is 18.6 Å². The van der Waals surface area contributed by atoms with E-state index in [9.17, 15) is 9.59 Å². The average molecular weight is 310 g/mol. The minimum Gasteiger partial charge on any atom is -0.347 e. The van der Waals surface area contributed by atoms with Crippen LogP contribution in [0.15, 0.2) is 33.8 Å². The Labute approximate surface area is 112 Å². The summed E-state index contributed by atoms with van der Waals surface area (Å²) in [5, 5.41) is 0.507. The molecule has 0 saturated heterocycles. The summed E-state index contributed by atoms with van der Waals surface area (Å²) in [6.07, 6.45) is 1.40. The maximum atomic E-state index is 12.1. The third kappa shape index (κ3) is 2.43. The standard InChI is InChI=1S/C12H12BrN3O2/c1-15(2)11(17)6-16-7-14-10-5-8(13)3-4-9(10)12(16)18/h3-5,7H,6H2,1-2H3. The maximum Gasteiger partial charge on any atom is 0.261 e. The van der Waals surface area contributed by atoms with Crippen LogP contribution in [0, 0.1) is 0 Å². The fourth-order valence-corrected chi connectivity index (χ4v) is 1.88. The van der Waals surface area contributed by atoms with Gasteiger partial charge in [-0.3, -0.25) is 14.2 Å². The van der Waals surface area contributed by atoms with Crippen LogP contribution in [0.3, 0.4) is 0 Å². The van der Waals surface area contributed by atoms with Crippen molar-refractivity contribution in [1.29, 1.82) is 0 Å². The monoisotopic (exact) mass is 309 g/mol. The zero-order chi connectivity index (χ0) is 13.3. The molecule has 0 aliphatic heterocycles. The Hall–Kier alpha value is -1.69. The van der Waals surface area contributed by atoms with Gasteiger partial charge in [-0.25, -0.2) is 4.98 Å². The SMILES string of the molecule is CN(C)C(=O)Cn1cnc2cc(Br)ccc2c1=O. The van der Waals surface area contributed by atoms with Gasteiger partial charge in [-0.15, -0.1) is 0 Å². The number of amides is 1. The largest absolute Gasteiger partial charge is 0.347 e. The van der Waals surface area contributed by atoms with E-state index in [1.165, 1.54) is 15.8 Å². The Morgan fingerprint density at radius 3 is 2.83 bits per heavy atom. The Morgan fingerprint density at radius 2 is 2.17 bits per heavy atom. The van der Waals surface area contributed by atoms with Gasteiger partial charge in [-0.2, -0.15) is 0 Å². The lowest BCUT2D eigenvalue weighted by Crippen LogP contribution is -2.31. The Kier molecular flexibility index (Phi) is 3.47. The molecule has 5 nitrogen and oxygen atoms in total. The molecule has 2 rings (SSSR count). The zero-order valence-electron chi connectivity index (χ0n) is 10.1. The summed E-state index contributed by atoms with van der Waals surface area (Å²) in [5.74, 6) is -0.143. The Morgan fingerprint density at radius 1 is 1.44 bits per heavy atom. The van der Waals surface area contributed by atoms with E-state index in [0.29, 0.717) is 10.9 Å².